The summed E-state index contributed by atoms with van der Waals surface area (Å²) in [6.07, 6.45) is 0.658. The lowest BCUT2D eigenvalue weighted by Gasteiger charge is -2.35. The molecule has 0 bridgehead atoms. The molecule has 88 valence electrons. The topological polar surface area (TPSA) is 23.6 Å². The highest BCUT2D eigenvalue weighted by atomic mass is 35.5. The maximum absolute atomic E-state index is 12.1. The van der Waals surface area contributed by atoms with Crippen LogP contribution in [-0.4, -0.2) is 60.5 Å². The highest BCUT2D eigenvalue weighted by molar-refractivity contribution is 6.30. The molecule has 0 aliphatic carbocycles. The molecule has 15 heavy (non-hydrogen) atoms. The first-order chi connectivity index (χ1) is 7.19. The van der Waals surface area contributed by atoms with Crippen molar-refractivity contribution in [2.45, 2.75) is 18.7 Å². The maximum Gasteiger partial charge on any atom is 0.240 e. The molecule has 1 rings (SSSR count). The first-order valence-electron chi connectivity index (χ1n) is 5.40. The predicted molar refractivity (Wildman–Crippen MR) is 58.9 cm³/mol. The van der Waals surface area contributed by atoms with Gasteiger partial charge in [-0.05, 0) is 6.42 Å². The molecule has 0 aromatic carbocycles. The fourth-order valence-corrected chi connectivity index (χ4v) is 1.82. The average molecular weight is 237 g/mol. The van der Waals surface area contributed by atoms with Gasteiger partial charge in [-0.15, -0.1) is 11.6 Å². The number of rotatable bonds is 4. The molecule has 1 fully saturated rings. The summed E-state index contributed by atoms with van der Waals surface area (Å²) in [5, 5.41) is -0.405. The van der Waals surface area contributed by atoms with Crippen molar-refractivity contribution in [1.29, 1.82) is 0 Å². The van der Waals surface area contributed by atoms with Gasteiger partial charge in [0.2, 0.25) is 5.91 Å². The van der Waals surface area contributed by atoms with Gasteiger partial charge in [-0.2, -0.15) is 0 Å². The molecule has 1 unspecified atom stereocenters. The van der Waals surface area contributed by atoms with Crippen molar-refractivity contribution in [2.75, 3.05) is 39.4 Å². The van der Waals surface area contributed by atoms with E-state index < -0.39 is 5.38 Å². The van der Waals surface area contributed by atoms with E-state index >= 15 is 0 Å². The number of carbonyl (C=O) groups is 1. The minimum absolute atomic E-state index is 0.0130. The van der Waals surface area contributed by atoms with Crippen LogP contribution in [0.1, 0.15) is 13.3 Å². The molecule has 1 atom stereocenters. The molecule has 1 amide bonds. The SMILES string of the molecule is CCC(Cl)C(=O)N1CCN(CCF)CC1. The van der Waals surface area contributed by atoms with E-state index in [1.165, 1.54) is 0 Å². The van der Waals surface area contributed by atoms with E-state index in [2.05, 4.69) is 0 Å². The average Bonchev–Trinajstić information content (AvgIpc) is 2.28. The lowest BCUT2D eigenvalue weighted by Crippen LogP contribution is -2.50. The second-order valence-electron chi connectivity index (χ2n) is 3.73. The summed E-state index contributed by atoms with van der Waals surface area (Å²) < 4.78 is 12.1. The fraction of sp³-hybridized carbons (Fsp3) is 0.900. The molecule has 0 spiro atoms. The number of nitrogens with zero attached hydrogens (tertiary/aromatic N) is 2. The summed E-state index contributed by atoms with van der Waals surface area (Å²) in [4.78, 5) is 15.5. The van der Waals surface area contributed by atoms with E-state index in [0.29, 0.717) is 26.1 Å². The van der Waals surface area contributed by atoms with Crippen molar-refractivity contribution in [3.63, 3.8) is 0 Å². The van der Waals surface area contributed by atoms with Crippen LogP contribution in [0.2, 0.25) is 0 Å². The van der Waals surface area contributed by atoms with Crippen LogP contribution < -0.4 is 0 Å². The Kier molecular flexibility index (Phi) is 5.32. The Morgan fingerprint density at radius 2 is 2.00 bits per heavy atom. The molecule has 1 saturated heterocycles. The van der Waals surface area contributed by atoms with Gasteiger partial charge in [0, 0.05) is 32.7 Å². The molecule has 0 radical (unpaired) electrons. The van der Waals surface area contributed by atoms with Gasteiger partial charge < -0.3 is 4.90 Å². The van der Waals surface area contributed by atoms with Crippen molar-refractivity contribution in [2.24, 2.45) is 0 Å². The molecule has 0 N–H and O–H groups in total. The predicted octanol–water partition coefficient (Wildman–Crippen LogP) is 1.12. The number of alkyl halides is 2. The van der Waals surface area contributed by atoms with Gasteiger partial charge in [0.05, 0.1) is 0 Å². The van der Waals surface area contributed by atoms with Crippen molar-refractivity contribution >= 4 is 17.5 Å². The van der Waals surface area contributed by atoms with Crippen LogP contribution in [0.25, 0.3) is 0 Å². The van der Waals surface area contributed by atoms with Gasteiger partial charge in [-0.3, -0.25) is 9.69 Å². The van der Waals surface area contributed by atoms with Gasteiger partial charge in [0.25, 0.3) is 0 Å². The number of piperazine rings is 1. The Balaban J connectivity index is 2.33. The largest absolute Gasteiger partial charge is 0.339 e. The Hall–Kier alpha value is -0.350. The van der Waals surface area contributed by atoms with Gasteiger partial charge in [0.15, 0.2) is 0 Å². The summed E-state index contributed by atoms with van der Waals surface area (Å²) in [6.45, 7) is 4.89. The third-order valence-electron chi connectivity index (χ3n) is 2.71. The van der Waals surface area contributed by atoms with Crippen LogP contribution in [-0.2, 0) is 4.79 Å². The van der Waals surface area contributed by atoms with Crippen molar-refractivity contribution in [3.8, 4) is 0 Å². The third-order valence-corrected chi connectivity index (χ3v) is 3.21. The van der Waals surface area contributed by atoms with Crippen molar-refractivity contribution in [1.82, 2.24) is 9.80 Å². The van der Waals surface area contributed by atoms with E-state index in [1.54, 1.807) is 4.90 Å². The van der Waals surface area contributed by atoms with Crippen molar-refractivity contribution < 1.29 is 9.18 Å². The molecular formula is C10H18ClFN2O. The zero-order valence-electron chi connectivity index (χ0n) is 9.09. The third kappa shape index (κ3) is 3.61. The quantitative estimate of drug-likeness (QED) is 0.683. The van der Waals surface area contributed by atoms with Crippen LogP contribution in [0.5, 0.6) is 0 Å². The Morgan fingerprint density at radius 1 is 1.40 bits per heavy atom. The molecule has 1 aliphatic heterocycles. The number of halogens is 2. The van der Waals surface area contributed by atoms with Crippen LogP contribution in [0.4, 0.5) is 4.39 Å². The molecule has 3 nitrogen and oxygen atoms in total. The number of hydrogen-bond donors (Lipinski definition) is 0. The number of carbonyl (C=O) groups excluding carboxylic acids is 1. The fourth-order valence-electron chi connectivity index (χ4n) is 1.68. The van der Waals surface area contributed by atoms with Gasteiger partial charge in [-0.25, -0.2) is 4.39 Å². The smallest absolute Gasteiger partial charge is 0.240 e. The summed E-state index contributed by atoms with van der Waals surface area (Å²) in [6, 6.07) is 0. The van der Waals surface area contributed by atoms with Crippen molar-refractivity contribution in [3.05, 3.63) is 0 Å². The summed E-state index contributed by atoms with van der Waals surface area (Å²) >= 11 is 5.88. The molecule has 0 saturated carbocycles. The maximum atomic E-state index is 12.1. The molecule has 1 aliphatic rings. The zero-order valence-corrected chi connectivity index (χ0v) is 9.84. The van der Waals surface area contributed by atoms with Crippen LogP contribution in [0, 0.1) is 0 Å². The summed E-state index contributed by atoms with van der Waals surface area (Å²) in [5.41, 5.74) is 0. The van der Waals surface area contributed by atoms with Gasteiger partial charge >= 0.3 is 0 Å². The molecule has 5 heteroatoms. The number of hydrogen-bond acceptors (Lipinski definition) is 2. The molecule has 0 aromatic heterocycles. The Labute approximate surface area is 95.2 Å². The van der Waals surface area contributed by atoms with Gasteiger partial charge in [-0.1, -0.05) is 6.92 Å². The minimum atomic E-state index is -0.405. The standard InChI is InChI=1S/C10H18ClFN2O/c1-2-9(11)10(15)14-7-5-13(4-3-12)6-8-14/h9H,2-8H2,1H3. The normalized spacial score (nSPS) is 20.3. The van der Waals surface area contributed by atoms with E-state index in [0.717, 1.165) is 13.1 Å². The minimum Gasteiger partial charge on any atom is -0.339 e. The first kappa shape index (κ1) is 12.7. The van der Waals surface area contributed by atoms with E-state index in [4.69, 9.17) is 11.6 Å². The highest BCUT2D eigenvalue weighted by Crippen LogP contribution is 2.09. The zero-order chi connectivity index (χ0) is 11.3. The number of amides is 1. The second-order valence-corrected chi connectivity index (χ2v) is 4.26. The lowest BCUT2D eigenvalue weighted by atomic mass is 10.2. The second kappa shape index (κ2) is 6.28. The molecule has 1 heterocycles. The highest BCUT2D eigenvalue weighted by Gasteiger charge is 2.24. The Morgan fingerprint density at radius 3 is 2.47 bits per heavy atom. The van der Waals surface area contributed by atoms with Crippen LogP contribution in [0.3, 0.4) is 0 Å². The molecule has 0 aromatic rings. The summed E-state index contributed by atoms with van der Waals surface area (Å²) in [7, 11) is 0. The van der Waals surface area contributed by atoms with E-state index in [1.807, 2.05) is 11.8 Å². The van der Waals surface area contributed by atoms with E-state index in [-0.39, 0.29) is 12.6 Å². The molecular weight excluding hydrogens is 219 g/mol. The lowest BCUT2D eigenvalue weighted by molar-refractivity contribution is -0.132. The van der Waals surface area contributed by atoms with Gasteiger partial charge in [0.1, 0.15) is 12.1 Å². The van der Waals surface area contributed by atoms with Crippen LogP contribution >= 0.6 is 11.6 Å². The monoisotopic (exact) mass is 236 g/mol. The van der Waals surface area contributed by atoms with Crippen LogP contribution in [0.15, 0.2) is 0 Å². The first-order valence-corrected chi connectivity index (χ1v) is 5.83. The Bertz CT molecular complexity index is 208. The van der Waals surface area contributed by atoms with E-state index in [9.17, 15) is 9.18 Å². The summed E-state index contributed by atoms with van der Waals surface area (Å²) in [5.74, 6) is 0.0130.